The zero-order valence-corrected chi connectivity index (χ0v) is 19.3. The van der Waals surface area contributed by atoms with Crippen molar-refractivity contribution in [2.45, 2.75) is 18.9 Å². The van der Waals surface area contributed by atoms with Crippen LogP contribution in [-0.2, 0) is 11.3 Å². The Hall–Kier alpha value is -3.71. The van der Waals surface area contributed by atoms with Crippen LogP contribution in [0.25, 0.3) is 27.5 Å². The number of carbonyl (C=O) groups excluding carboxylic acids is 1. The highest BCUT2D eigenvalue weighted by Gasteiger charge is 2.30. The molecular weight excluding hydrogens is 448 g/mol. The smallest absolute Gasteiger partial charge is 0.237 e. The Morgan fingerprint density at radius 1 is 1.12 bits per heavy atom. The molecule has 0 radical (unpaired) electrons. The number of hydrogen-bond donors (Lipinski definition) is 0. The molecule has 0 spiro atoms. The van der Waals surface area contributed by atoms with E-state index in [4.69, 9.17) is 16.7 Å². The van der Waals surface area contributed by atoms with E-state index in [2.05, 4.69) is 52.7 Å². The quantitative estimate of drug-likeness (QED) is 0.358. The summed E-state index contributed by atoms with van der Waals surface area (Å²) in [5.41, 5.74) is 6.34. The number of likely N-dealkylation sites (tertiary alicyclic amines) is 1. The summed E-state index contributed by atoms with van der Waals surface area (Å²) in [6.07, 6.45) is 6.38. The summed E-state index contributed by atoms with van der Waals surface area (Å²) < 4.78 is 3.94. The second-order valence-electron chi connectivity index (χ2n) is 8.73. The second kappa shape index (κ2) is 8.57. The lowest BCUT2D eigenvalue weighted by atomic mass is 10.0. The van der Waals surface area contributed by atoms with E-state index in [0.29, 0.717) is 13.1 Å². The molecule has 170 valence electrons. The lowest BCUT2D eigenvalue weighted by molar-refractivity contribution is -0.127. The maximum absolute atomic E-state index is 12.1. The Labute approximate surface area is 201 Å². The molecule has 1 aliphatic heterocycles. The second-order valence-corrected chi connectivity index (χ2v) is 9.00. The van der Waals surface area contributed by atoms with Crippen molar-refractivity contribution in [1.82, 2.24) is 29.3 Å². The predicted octanol–water partition coefficient (Wildman–Crippen LogP) is 4.35. The molecule has 3 aromatic heterocycles. The molecule has 1 amide bonds. The van der Waals surface area contributed by atoms with Crippen molar-refractivity contribution in [3.63, 3.8) is 0 Å². The van der Waals surface area contributed by atoms with Crippen molar-refractivity contribution in [2.75, 3.05) is 19.0 Å². The molecular formula is C26H23ClN6O. The molecule has 8 heteroatoms. The van der Waals surface area contributed by atoms with E-state index in [9.17, 15) is 4.79 Å². The molecule has 1 atom stereocenters. The zero-order valence-electron chi connectivity index (χ0n) is 18.5. The maximum atomic E-state index is 12.1. The predicted molar refractivity (Wildman–Crippen MR) is 132 cm³/mol. The number of hydrogen-bond acceptors (Lipinski definition) is 4. The first kappa shape index (κ1) is 20.9. The van der Waals surface area contributed by atoms with Gasteiger partial charge in [-0.25, -0.2) is 9.50 Å². The molecule has 1 unspecified atom stereocenters. The molecule has 0 N–H and O–H groups in total. The van der Waals surface area contributed by atoms with Crippen molar-refractivity contribution in [3.8, 4) is 11.1 Å². The van der Waals surface area contributed by atoms with Gasteiger partial charge in [0.2, 0.25) is 5.91 Å². The fourth-order valence-electron chi connectivity index (χ4n) is 4.90. The van der Waals surface area contributed by atoms with E-state index in [1.54, 1.807) is 6.33 Å². The minimum atomic E-state index is -0.0172. The normalized spacial score (nSPS) is 16.0. The summed E-state index contributed by atoms with van der Waals surface area (Å²) >= 11 is 5.77. The van der Waals surface area contributed by atoms with Gasteiger partial charge in [-0.15, -0.1) is 11.6 Å². The summed E-state index contributed by atoms with van der Waals surface area (Å²) in [5.74, 6) is 0.208. The van der Waals surface area contributed by atoms with Crippen LogP contribution in [0.5, 0.6) is 0 Å². The number of aromatic nitrogens is 5. The van der Waals surface area contributed by atoms with Crippen molar-refractivity contribution >= 4 is 33.9 Å². The molecule has 1 aliphatic rings. The number of carbonyl (C=O) groups is 1. The van der Waals surface area contributed by atoms with Crippen LogP contribution in [-0.4, -0.2) is 54.2 Å². The number of benzene rings is 2. The van der Waals surface area contributed by atoms with Gasteiger partial charge in [0.05, 0.1) is 23.8 Å². The van der Waals surface area contributed by atoms with Gasteiger partial charge in [-0.05, 0) is 29.7 Å². The Kier molecular flexibility index (Phi) is 5.26. The Morgan fingerprint density at radius 3 is 2.85 bits per heavy atom. The molecule has 0 bridgehead atoms. The third-order valence-corrected chi connectivity index (χ3v) is 6.83. The van der Waals surface area contributed by atoms with Crippen LogP contribution in [0.15, 0.2) is 73.3 Å². The SMILES string of the molecule is O=C(CCl)N1CCC(c2cc(-c3ccc4cn(Cc5ccccc5)nc4c3)c3cncnn23)C1. The molecule has 6 rings (SSSR count). The third kappa shape index (κ3) is 3.72. The maximum Gasteiger partial charge on any atom is 0.237 e. The van der Waals surface area contributed by atoms with Crippen molar-refractivity contribution in [1.29, 1.82) is 0 Å². The van der Waals surface area contributed by atoms with Gasteiger partial charge in [-0.2, -0.15) is 10.2 Å². The first-order chi connectivity index (χ1) is 16.7. The first-order valence-corrected chi connectivity index (χ1v) is 11.9. The van der Waals surface area contributed by atoms with Crippen LogP contribution in [0.1, 0.15) is 23.6 Å². The van der Waals surface area contributed by atoms with Gasteiger partial charge < -0.3 is 4.90 Å². The van der Waals surface area contributed by atoms with E-state index < -0.39 is 0 Å². The van der Waals surface area contributed by atoms with Gasteiger partial charge in [0, 0.05) is 41.8 Å². The van der Waals surface area contributed by atoms with Gasteiger partial charge in [0.25, 0.3) is 0 Å². The molecule has 1 saturated heterocycles. The highest BCUT2D eigenvalue weighted by molar-refractivity contribution is 6.27. The third-order valence-electron chi connectivity index (χ3n) is 6.60. The number of halogens is 1. The average molecular weight is 471 g/mol. The van der Waals surface area contributed by atoms with Crippen LogP contribution in [0.2, 0.25) is 0 Å². The summed E-state index contributed by atoms with van der Waals surface area (Å²) in [7, 11) is 0. The Morgan fingerprint density at radius 2 is 2.00 bits per heavy atom. The van der Waals surface area contributed by atoms with E-state index in [-0.39, 0.29) is 17.7 Å². The molecule has 0 saturated carbocycles. The van der Waals surface area contributed by atoms with Crippen molar-refractivity contribution in [2.24, 2.45) is 0 Å². The van der Waals surface area contributed by atoms with Gasteiger partial charge in [0.15, 0.2) is 0 Å². The summed E-state index contributed by atoms with van der Waals surface area (Å²) in [4.78, 5) is 18.2. The van der Waals surface area contributed by atoms with Crippen LogP contribution < -0.4 is 0 Å². The molecule has 5 aromatic rings. The Balaban J connectivity index is 1.36. The van der Waals surface area contributed by atoms with Crippen LogP contribution in [0, 0.1) is 0 Å². The van der Waals surface area contributed by atoms with Crippen molar-refractivity contribution < 1.29 is 4.79 Å². The Bertz CT molecular complexity index is 1490. The van der Waals surface area contributed by atoms with Gasteiger partial charge in [-0.3, -0.25) is 9.48 Å². The molecule has 1 fully saturated rings. The highest BCUT2D eigenvalue weighted by Crippen LogP contribution is 2.35. The van der Waals surface area contributed by atoms with Crippen LogP contribution in [0.3, 0.4) is 0 Å². The van der Waals surface area contributed by atoms with E-state index in [0.717, 1.165) is 46.2 Å². The number of amides is 1. The number of nitrogens with zero attached hydrogens (tertiary/aromatic N) is 6. The standard InChI is InChI=1S/C26H23ClN6O/c27-12-26(34)31-9-8-21(15-31)24-11-22(25-13-28-17-29-33(24)25)19-6-7-20-16-32(30-23(20)10-19)14-18-4-2-1-3-5-18/h1-7,10-11,13,16-17,21H,8-9,12,14-15H2. The molecule has 34 heavy (non-hydrogen) atoms. The minimum absolute atomic E-state index is 0.0172. The number of fused-ring (bicyclic) bond motifs is 2. The first-order valence-electron chi connectivity index (χ1n) is 11.4. The average Bonchev–Trinajstić information content (AvgIpc) is 3.60. The van der Waals surface area contributed by atoms with Crippen LogP contribution >= 0.6 is 11.6 Å². The molecule has 0 aliphatic carbocycles. The molecule has 7 nitrogen and oxygen atoms in total. The summed E-state index contributed by atoms with van der Waals surface area (Å²) in [5, 5.41) is 10.5. The number of rotatable bonds is 5. The monoisotopic (exact) mass is 470 g/mol. The van der Waals surface area contributed by atoms with Gasteiger partial charge in [-0.1, -0.05) is 42.5 Å². The fraction of sp³-hybridized carbons (Fsp3) is 0.231. The minimum Gasteiger partial charge on any atom is -0.341 e. The van der Waals surface area contributed by atoms with E-state index in [1.807, 2.05) is 38.5 Å². The van der Waals surface area contributed by atoms with Gasteiger partial charge >= 0.3 is 0 Å². The van der Waals surface area contributed by atoms with E-state index in [1.165, 1.54) is 5.56 Å². The van der Waals surface area contributed by atoms with Crippen LogP contribution in [0.4, 0.5) is 0 Å². The van der Waals surface area contributed by atoms with Crippen molar-refractivity contribution in [3.05, 3.63) is 84.6 Å². The summed E-state index contributed by atoms with van der Waals surface area (Å²) in [6, 6.07) is 18.9. The highest BCUT2D eigenvalue weighted by atomic mass is 35.5. The van der Waals surface area contributed by atoms with E-state index >= 15 is 0 Å². The summed E-state index contributed by atoms with van der Waals surface area (Å²) in [6.45, 7) is 2.11. The fourth-order valence-corrected chi connectivity index (χ4v) is 5.06. The number of alkyl halides is 1. The molecule has 4 heterocycles. The molecule has 2 aromatic carbocycles. The van der Waals surface area contributed by atoms with Gasteiger partial charge in [0.1, 0.15) is 12.2 Å². The topological polar surface area (TPSA) is 68.3 Å². The largest absolute Gasteiger partial charge is 0.341 e. The lowest BCUT2D eigenvalue weighted by Gasteiger charge is -2.14. The zero-order chi connectivity index (χ0) is 23.1. The lowest BCUT2D eigenvalue weighted by Crippen LogP contribution is -2.29.